The molecule has 128 valence electrons. The Morgan fingerprint density at radius 2 is 2.04 bits per heavy atom. The first kappa shape index (κ1) is 18.3. The monoisotopic (exact) mass is 365 g/mol. The minimum Gasteiger partial charge on any atom is -0.461 e. The molecule has 0 aromatic heterocycles. The number of rotatable bonds is 4. The van der Waals surface area contributed by atoms with E-state index in [1.54, 1.807) is 6.07 Å². The highest BCUT2D eigenvalue weighted by molar-refractivity contribution is 6.35. The Kier molecular flexibility index (Phi) is 6.07. The molecule has 1 aliphatic heterocycles. The summed E-state index contributed by atoms with van der Waals surface area (Å²) in [6, 6.07) is 3.47. The molecule has 9 heteroatoms. The Morgan fingerprint density at radius 1 is 1.35 bits per heavy atom. The standard InChI is InChI=1S/C14H17Cl2NO6/c1-6(19)17-11-13(21)12(20)10(5-18)23-14(11)22-9-3-2-7(15)4-8(9)16/h2-4,10-14,18,20-21H,5H2,1H3,(H,17,19)/t10-,11-,12-,13-,14-/m0/s1. The number of hydrogen-bond acceptors (Lipinski definition) is 6. The van der Waals surface area contributed by atoms with Gasteiger partial charge in [0.15, 0.2) is 0 Å². The zero-order valence-electron chi connectivity index (χ0n) is 12.1. The van der Waals surface area contributed by atoms with E-state index in [2.05, 4.69) is 5.32 Å². The summed E-state index contributed by atoms with van der Waals surface area (Å²) in [5, 5.41) is 32.4. The van der Waals surface area contributed by atoms with Crippen LogP contribution < -0.4 is 10.1 Å². The molecule has 1 fully saturated rings. The summed E-state index contributed by atoms with van der Waals surface area (Å²) in [6.07, 6.45) is -4.99. The van der Waals surface area contributed by atoms with Crippen LogP contribution in [0.15, 0.2) is 18.2 Å². The van der Waals surface area contributed by atoms with Crippen molar-refractivity contribution in [3.8, 4) is 5.75 Å². The maximum absolute atomic E-state index is 11.3. The molecule has 23 heavy (non-hydrogen) atoms. The Labute approximate surface area is 142 Å². The van der Waals surface area contributed by atoms with Gasteiger partial charge in [-0.05, 0) is 18.2 Å². The number of aliphatic hydroxyl groups excluding tert-OH is 3. The molecule has 5 atom stereocenters. The second-order valence-electron chi connectivity index (χ2n) is 5.13. The van der Waals surface area contributed by atoms with Crippen LogP contribution in [0.4, 0.5) is 0 Å². The average molecular weight is 366 g/mol. The van der Waals surface area contributed by atoms with Crippen molar-refractivity contribution in [1.29, 1.82) is 0 Å². The summed E-state index contributed by atoms with van der Waals surface area (Å²) < 4.78 is 11.0. The number of carbonyl (C=O) groups excluding carboxylic acids is 1. The Hall–Kier alpha value is -1.09. The van der Waals surface area contributed by atoms with Crippen LogP contribution in [0.2, 0.25) is 10.0 Å². The van der Waals surface area contributed by atoms with Gasteiger partial charge in [-0.15, -0.1) is 0 Å². The highest BCUT2D eigenvalue weighted by Crippen LogP contribution is 2.31. The predicted molar refractivity (Wildman–Crippen MR) is 82.5 cm³/mol. The number of ether oxygens (including phenoxy) is 2. The minimum atomic E-state index is -1.39. The molecule has 0 radical (unpaired) electrons. The molecule has 1 aromatic carbocycles. The van der Waals surface area contributed by atoms with Gasteiger partial charge in [0.1, 0.15) is 30.1 Å². The molecule has 1 aromatic rings. The van der Waals surface area contributed by atoms with E-state index in [-0.39, 0.29) is 10.8 Å². The molecule has 0 unspecified atom stereocenters. The molecular weight excluding hydrogens is 349 g/mol. The molecular formula is C14H17Cl2NO6. The number of halogens is 2. The number of aliphatic hydroxyl groups is 3. The van der Waals surface area contributed by atoms with Crippen molar-refractivity contribution in [3.63, 3.8) is 0 Å². The Bertz CT molecular complexity index is 572. The van der Waals surface area contributed by atoms with Gasteiger partial charge >= 0.3 is 0 Å². The average Bonchev–Trinajstić information content (AvgIpc) is 2.48. The van der Waals surface area contributed by atoms with Crippen LogP contribution in [0.5, 0.6) is 5.75 Å². The lowest BCUT2D eigenvalue weighted by molar-refractivity contribution is -0.244. The maximum atomic E-state index is 11.3. The van der Waals surface area contributed by atoms with Crippen LogP contribution >= 0.6 is 23.2 Å². The van der Waals surface area contributed by atoms with Gasteiger partial charge < -0.3 is 30.1 Å². The van der Waals surface area contributed by atoms with E-state index >= 15 is 0 Å². The molecule has 4 N–H and O–H groups in total. The number of nitrogens with one attached hydrogen (secondary N) is 1. The van der Waals surface area contributed by atoms with Crippen LogP contribution in [0.3, 0.4) is 0 Å². The summed E-state index contributed by atoms with van der Waals surface area (Å²) >= 11 is 11.8. The Morgan fingerprint density at radius 3 is 2.61 bits per heavy atom. The first-order valence-electron chi connectivity index (χ1n) is 6.84. The lowest BCUT2D eigenvalue weighted by Crippen LogP contribution is -2.65. The van der Waals surface area contributed by atoms with E-state index in [1.807, 2.05) is 0 Å². The van der Waals surface area contributed by atoms with Crippen molar-refractivity contribution in [2.24, 2.45) is 0 Å². The minimum absolute atomic E-state index is 0.212. The predicted octanol–water partition coefficient (Wildman–Crippen LogP) is 0.316. The zero-order chi connectivity index (χ0) is 17.1. The SMILES string of the molecule is CC(=O)N[C@@H]1[C@@H](Oc2ccc(Cl)cc2Cl)O[C@@H](CO)[C@H](O)[C@H]1O. The van der Waals surface area contributed by atoms with Crippen molar-refractivity contribution >= 4 is 29.1 Å². The third-order valence-corrected chi connectivity index (χ3v) is 3.92. The summed E-state index contributed by atoms with van der Waals surface area (Å²) in [5.41, 5.74) is 0. The zero-order valence-corrected chi connectivity index (χ0v) is 13.7. The van der Waals surface area contributed by atoms with Crippen LogP contribution in [-0.4, -0.2) is 58.5 Å². The van der Waals surface area contributed by atoms with E-state index in [0.717, 1.165) is 0 Å². The van der Waals surface area contributed by atoms with Gasteiger partial charge in [-0.2, -0.15) is 0 Å². The molecule has 0 aliphatic carbocycles. The van der Waals surface area contributed by atoms with Crippen molar-refractivity contribution in [2.75, 3.05) is 6.61 Å². The second-order valence-corrected chi connectivity index (χ2v) is 5.97. The third kappa shape index (κ3) is 4.26. The first-order chi connectivity index (χ1) is 10.8. The van der Waals surface area contributed by atoms with Crippen LogP contribution in [0.25, 0.3) is 0 Å². The van der Waals surface area contributed by atoms with Gasteiger partial charge in [-0.3, -0.25) is 4.79 Å². The van der Waals surface area contributed by atoms with E-state index in [4.69, 9.17) is 32.7 Å². The fourth-order valence-electron chi connectivity index (χ4n) is 2.27. The number of amides is 1. The second kappa shape index (κ2) is 7.65. The van der Waals surface area contributed by atoms with Crippen molar-refractivity contribution in [1.82, 2.24) is 5.32 Å². The summed E-state index contributed by atoms with van der Waals surface area (Å²) in [5.74, 6) is -0.222. The maximum Gasteiger partial charge on any atom is 0.223 e. The lowest BCUT2D eigenvalue weighted by atomic mass is 9.97. The highest BCUT2D eigenvalue weighted by Gasteiger charge is 2.46. The summed E-state index contributed by atoms with van der Waals surface area (Å²) in [4.78, 5) is 11.3. The van der Waals surface area contributed by atoms with Crippen molar-refractivity contribution in [3.05, 3.63) is 28.2 Å². The fraction of sp³-hybridized carbons (Fsp3) is 0.500. The number of benzene rings is 1. The number of carbonyl (C=O) groups is 1. The van der Waals surface area contributed by atoms with Gasteiger partial charge in [0.2, 0.25) is 12.2 Å². The first-order valence-corrected chi connectivity index (χ1v) is 7.60. The van der Waals surface area contributed by atoms with Crippen molar-refractivity contribution in [2.45, 2.75) is 37.6 Å². The van der Waals surface area contributed by atoms with E-state index in [1.165, 1.54) is 19.1 Å². The molecule has 1 heterocycles. The van der Waals surface area contributed by atoms with Crippen LogP contribution in [0, 0.1) is 0 Å². The third-order valence-electron chi connectivity index (χ3n) is 3.39. The van der Waals surface area contributed by atoms with E-state index in [9.17, 15) is 20.1 Å². The molecule has 2 rings (SSSR count). The van der Waals surface area contributed by atoms with Gasteiger partial charge in [-0.1, -0.05) is 23.2 Å². The van der Waals surface area contributed by atoms with E-state index < -0.39 is 43.2 Å². The van der Waals surface area contributed by atoms with Crippen LogP contribution in [0.1, 0.15) is 6.92 Å². The lowest BCUT2D eigenvalue weighted by Gasteiger charge is -2.42. The summed E-state index contributed by atoms with van der Waals surface area (Å²) in [6.45, 7) is 0.725. The molecule has 7 nitrogen and oxygen atoms in total. The smallest absolute Gasteiger partial charge is 0.223 e. The fourth-order valence-corrected chi connectivity index (χ4v) is 2.72. The topological polar surface area (TPSA) is 108 Å². The van der Waals surface area contributed by atoms with Crippen LogP contribution in [-0.2, 0) is 9.53 Å². The van der Waals surface area contributed by atoms with Gasteiger partial charge in [-0.25, -0.2) is 0 Å². The highest BCUT2D eigenvalue weighted by atomic mass is 35.5. The largest absolute Gasteiger partial charge is 0.461 e. The molecule has 1 aliphatic rings. The molecule has 0 bridgehead atoms. The molecule has 0 saturated carbocycles. The number of hydrogen-bond donors (Lipinski definition) is 4. The Balaban J connectivity index is 2.25. The van der Waals surface area contributed by atoms with Crippen molar-refractivity contribution < 1.29 is 29.6 Å². The van der Waals surface area contributed by atoms with Gasteiger partial charge in [0.25, 0.3) is 0 Å². The molecule has 0 spiro atoms. The quantitative estimate of drug-likeness (QED) is 0.611. The normalized spacial score (nSPS) is 30.8. The molecule has 1 amide bonds. The van der Waals surface area contributed by atoms with Gasteiger partial charge in [0.05, 0.1) is 11.6 Å². The van der Waals surface area contributed by atoms with E-state index in [0.29, 0.717) is 5.02 Å². The molecule has 1 saturated heterocycles. The summed E-state index contributed by atoms with van der Waals surface area (Å²) in [7, 11) is 0. The van der Waals surface area contributed by atoms with Gasteiger partial charge in [0, 0.05) is 11.9 Å².